The van der Waals surface area contributed by atoms with E-state index in [0.29, 0.717) is 31.9 Å². The predicted molar refractivity (Wildman–Crippen MR) is 111 cm³/mol. The molecule has 7 nitrogen and oxygen atoms in total. The van der Waals surface area contributed by atoms with Gasteiger partial charge in [-0.15, -0.1) is 0 Å². The first-order valence-corrected chi connectivity index (χ1v) is 10.9. The monoisotopic (exact) mass is 420 g/mol. The van der Waals surface area contributed by atoms with E-state index in [4.69, 9.17) is 9.47 Å². The van der Waals surface area contributed by atoms with Gasteiger partial charge in [-0.1, -0.05) is 30.3 Å². The van der Waals surface area contributed by atoms with Crippen molar-refractivity contribution in [2.45, 2.75) is 24.8 Å². The van der Waals surface area contributed by atoms with Gasteiger partial charge in [-0.3, -0.25) is 4.79 Å². The van der Waals surface area contributed by atoms with Gasteiger partial charge in [0.25, 0.3) is 0 Å². The molecule has 0 heterocycles. The minimum Gasteiger partial charge on any atom is -0.497 e. The Morgan fingerprint density at radius 2 is 1.76 bits per heavy atom. The molecule has 1 N–H and O–H groups in total. The van der Waals surface area contributed by atoms with Gasteiger partial charge in [-0.25, -0.2) is 8.42 Å². The number of sulfonamides is 1. The Morgan fingerprint density at radius 3 is 2.38 bits per heavy atom. The van der Waals surface area contributed by atoms with Crippen molar-refractivity contribution in [2.24, 2.45) is 0 Å². The Labute approximate surface area is 172 Å². The number of methoxy groups -OCH3 is 1. The van der Waals surface area contributed by atoms with Crippen LogP contribution in [0.1, 0.15) is 18.9 Å². The average molecular weight is 421 g/mol. The first kappa shape index (κ1) is 22.9. The van der Waals surface area contributed by atoms with Crippen molar-refractivity contribution < 1.29 is 22.7 Å². The molecule has 0 aliphatic heterocycles. The zero-order valence-electron chi connectivity index (χ0n) is 16.8. The summed E-state index contributed by atoms with van der Waals surface area (Å²) in [6.45, 7) is 3.34. The number of rotatable bonds is 12. The van der Waals surface area contributed by atoms with Crippen molar-refractivity contribution in [3.63, 3.8) is 0 Å². The fourth-order valence-corrected chi connectivity index (χ4v) is 4.06. The molecule has 2 aromatic rings. The van der Waals surface area contributed by atoms with Crippen LogP contribution in [-0.2, 0) is 26.1 Å². The van der Waals surface area contributed by atoms with E-state index in [-0.39, 0.29) is 23.9 Å². The Bertz CT molecular complexity index is 854. The normalized spacial score (nSPS) is 11.4. The van der Waals surface area contributed by atoms with Crippen LogP contribution in [0.3, 0.4) is 0 Å². The molecule has 0 saturated carbocycles. The van der Waals surface area contributed by atoms with E-state index in [0.717, 1.165) is 5.56 Å². The summed E-state index contributed by atoms with van der Waals surface area (Å²) in [5, 5.41) is 2.75. The third-order valence-electron chi connectivity index (χ3n) is 4.21. The molecule has 2 rings (SSSR count). The van der Waals surface area contributed by atoms with Crippen LogP contribution in [0.15, 0.2) is 59.5 Å². The second-order valence-electron chi connectivity index (χ2n) is 6.33. The van der Waals surface area contributed by atoms with Crippen LogP contribution < -0.4 is 10.1 Å². The number of nitrogens with zero attached hydrogens (tertiary/aromatic N) is 1. The van der Waals surface area contributed by atoms with Crippen LogP contribution in [0.4, 0.5) is 0 Å². The zero-order valence-corrected chi connectivity index (χ0v) is 17.7. The van der Waals surface area contributed by atoms with Gasteiger partial charge in [-0.05, 0) is 43.2 Å². The first-order valence-electron chi connectivity index (χ1n) is 9.50. The quantitative estimate of drug-likeness (QED) is 0.533. The van der Waals surface area contributed by atoms with Crippen LogP contribution in [0, 0.1) is 0 Å². The molecule has 0 bridgehead atoms. The van der Waals surface area contributed by atoms with Crippen molar-refractivity contribution >= 4 is 15.9 Å². The highest BCUT2D eigenvalue weighted by Crippen LogP contribution is 2.21. The first-order chi connectivity index (χ1) is 14.0. The van der Waals surface area contributed by atoms with E-state index in [1.807, 2.05) is 37.3 Å². The third kappa shape index (κ3) is 7.16. The van der Waals surface area contributed by atoms with E-state index in [1.54, 1.807) is 12.1 Å². The summed E-state index contributed by atoms with van der Waals surface area (Å²) < 4.78 is 37.9. The molecule has 0 radical (unpaired) electrons. The molecule has 8 heteroatoms. The molecular weight excluding hydrogens is 392 g/mol. The van der Waals surface area contributed by atoms with Gasteiger partial charge >= 0.3 is 0 Å². The number of carbonyl (C=O) groups is 1. The van der Waals surface area contributed by atoms with Gasteiger partial charge in [0.2, 0.25) is 15.9 Å². The smallest absolute Gasteiger partial charge is 0.243 e. The molecule has 0 atom stereocenters. The summed E-state index contributed by atoms with van der Waals surface area (Å²) in [5.41, 5.74) is 0.800. The fourth-order valence-electron chi connectivity index (χ4n) is 2.67. The Kier molecular flexibility index (Phi) is 9.11. The lowest BCUT2D eigenvalue weighted by molar-refractivity contribution is -0.121. The molecule has 0 fully saturated rings. The van der Waals surface area contributed by atoms with E-state index in [1.165, 1.54) is 23.5 Å². The van der Waals surface area contributed by atoms with Crippen LogP contribution in [0.2, 0.25) is 0 Å². The van der Waals surface area contributed by atoms with Gasteiger partial charge in [0.15, 0.2) is 0 Å². The summed E-state index contributed by atoms with van der Waals surface area (Å²) in [6, 6.07) is 15.3. The molecule has 158 valence electrons. The van der Waals surface area contributed by atoms with Gasteiger partial charge in [-0.2, -0.15) is 4.31 Å². The van der Waals surface area contributed by atoms with Crippen LogP contribution >= 0.6 is 0 Å². The average Bonchev–Trinajstić information content (AvgIpc) is 2.74. The number of hydrogen-bond donors (Lipinski definition) is 1. The molecule has 1 amide bonds. The van der Waals surface area contributed by atoms with E-state index >= 15 is 0 Å². The second-order valence-corrected chi connectivity index (χ2v) is 8.27. The highest BCUT2D eigenvalue weighted by atomic mass is 32.2. The van der Waals surface area contributed by atoms with E-state index in [9.17, 15) is 13.2 Å². The minimum atomic E-state index is -3.87. The number of amides is 1. The number of ether oxygens (including phenoxy) is 2. The van der Waals surface area contributed by atoms with Gasteiger partial charge in [0, 0.05) is 26.3 Å². The molecule has 2 aromatic carbocycles. The lowest BCUT2D eigenvalue weighted by Crippen LogP contribution is -2.40. The van der Waals surface area contributed by atoms with E-state index in [2.05, 4.69) is 5.32 Å². The fraction of sp³-hybridized carbons (Fsp3) is 0.381. The standard InChI is InChI=1S/C21H28N2O5S/c1-3-28-15-7-14-22-21(24)17-23(16-18-8-5-4-6-9-18)29(25,26)20-12-10-19(27-2)11-13-20/h4-6,8-13H,3,7,14-17H2,1-2H3,(H,22,24). The molecule has 0 aromatic heterocycles. The number of benzene rings is 2. The maximum atomic E-state index is 13.2. The van der Waals surface area contributed by atoms with Crippen molar-refractivity contribution in [2.75, 3.05) is 33.4 Å². The molecule has 29 heavy (non-hydrogen) atoms. The van der Waals surface area contributed by atoms with Crippen molar-refractivity contribution in [3.05, 3.63) is 60.2 Å². The molecule has 0 aliphatic rings. The van der Waals surface area contributed by atoms with Crippen LogP contribution in [-0.4, -0.2) is 52.0 Å². The summed E-state index contributed by atoms with van der Waals surface area (Å²) in [4.78, 5) is 12.5. The van der Waals surface area contributed by atoms with Gasteiger partial charge in [0.1, 0.15) is 5.75 Å². The van der Waals surface area contributed by atoms with Crippen molar-refractivity contribution in [3.8, 4) is 5.75 Å². The van der Waals surface area contributed by atoms with E-state index < -0.39 is 10.0 Å². The lowest BCUT2D eigenvalue weighted by Gasteiger charge is -2.22. The lowest BCUT2D eigenvalue weighted by atomic mass is 10.2. The highest BCUT2D eigenvalue weighted by molar-refractivity contribution is 7.89. The number of carbonyl (C=O) groups excluding carboxylic acids is 1. The molecule has 0 saturated heterocycles. The largest absolute Gasteiger partial charge is 0.497 e. The van der Waals surface area contributed by atoms with Crippen LogP contribution in [0.25, 0.3) is 0 Å². The molecule has 0 unspecified atom stereocenters. The number of nitrogens with one attached hydrogen (secondary N) is 1. The van der Waals surface area contributed by atoms with Crippen LogP contribution in [0.5, 0.6) is 5.75 Å². The second kappa shape index (κ2) is 11.5. The van der Waals surface area contributed by atoms with Crippen molar-refractivity contribution in [1.82, 2.24) is 9.62 Å². The zero-order chi connectivity index (χ0) is 21.1. The third-order valence-corrected chi connectivity index (χ3v) is 6.02. The Balaban J connectivity index is 2.14. The Hall–Kier alpha value is -2.42. The minimum absolute atomic E-state index is 0.0988. The maximum absolute atomic E-state index is 13.2. The number of hydrogen-bond acceptors (Lipinski definition) is 5. The highest BCUT2D eigenvalue weighted by Gasteiger charge is 2.27. The molecule has 0 spiro atoms. The molecule has 0 aliphatic carbocycles. The topological polar surface area (TPSA) is 84.9 Å². The summed E-state index contributed by atoms with van der Waals surface area (Å²) >= 11 is 0. The summed E-state index contributed by atoms with van der Waals surface area (Å²) in [6.07, 6.45) is 0.670. The summed E-state index contributed by atoms with van der Waals surface area (Å²) in [5.74, 6) is 0.208. The summed E-state index contributed by atoms with van der Waals surface area (Å²) in [7, 11) is -2.35. The SMILES string of the molecule is CCOCCCNC(=O)CN(Cc1ccccc1)S(=O)(=O)c1ccc(OC)cc1. The maximum Gasteiger partial charge on any atom is 0.243 e. The Morgan fingerprint density at radius 1 is 1.07 bits per heavy atom. The molecular formula is C21H28N2O5S. The van der Waals surface area contributed by atoms with Gasteiger partial charge < -0.3 is 14.8 Å². The van der Waals surface area contributed by atoms with Gasteiger partial charge in [0.05, 0.1) is 18.6 Å². The predicted octanol–water partition coefficient (Wildman–Crippen LogP) is 2.43. The van der Waals surface area contributed by atoms with Crippen molar-refractivity contribution in [1.29, 1.82) is 0 Å².